The number of pyridine rings is 2. The molecule has 56 heavy (non-hydrogen) atoms. The number of nitrogens with one attached hydrogen (secondary N) is 2. The van der Waals surface area contributed by atoms with Crippen LogP contribution < -0.4 is 10.7 Å². The lowest BCUT2D eigenvalue weighted by Crippen LogP contribution is -2.58. The van der Waals surface area contributed by atoms with Crippen molar-refractivity contribution in [2.75, 3.05) is 33.9 Å². The lowest BCUT2D eigenvalue weighted by molar-refractivity contribution is -0.142. The minimum absolute atomic E-state index is 0.163. The van der Waals surface area contributed by atoms with E-state index in [0.717, 1.165) is 63.1 Å². The Morgan fingerprint density at radius 2 is 1.86 bits per heavy atom. The molecule has 13 heteroatoms. The van der Waals surface area contributed by atoms with Crippen LogP contribution >= 0.6 is 0 Å². The molecule has 0 radical (unpaired) electrons. The van der Waals surface area contributed by atoms with Gasteiger partial charge in [0, 0.05) is 74.5 Å². The largest absolute Gasteiger partial charge is 0.467 e. The summed E-state index contributed by atoms with van der Waals surface area (Å²) in [5.41, 5.74) is 10.1. The molecule has 0 bridgehead atoms. The standard InChI is InChI=1S/C43H57N7O6/c1-9-49-39(33-16-13-17-44-37(33)29(4)55-8)35(23-43(5,6)25-56-27-52)34-22-32(24-45-40(34)49)31-15-12-14-30(20-31)21-36(42(54)50-19-11-10-18-46-50)47-41(53)38(28(2)3)48(7)26-51/h12-17,20,22,24,26-29,36,38,46H,9-11,18-19,21,23,25H2,1-8H3,(H,47,53). The number of hydrogen-bond acceptors (Lipinski definition) is 9. The van der Waals surface area contributed by atoms with Gasteiger partial charge in [-0.05, 0) is 73.9 Å². The summed E-state index contributed by atoms with van der Waals surface area (Å²) in [6.45, 7) is 14.6. The van der Waals surface area contributed by atoms with E-state index in [1.807, 2.05) is 57.3 Å². The van der Waals surface area contributed by atoms with Crippen LogP contribution in [-0.4, -0.2) is 95.1 Å². The first-order chi connectivity index (χ1) is 26.8. The van der Waals surface area contributed by atoms with Gasteiger partial charge < -0.3 is 24.3 Å². The van der Waals surface area contributed by atoms with Gasteiger partial charge in [-0.15, -0.1) is 0 Å². The van der Waals surface area contributed by atoms with Crippen LogP contribution in [0.15, 0.2) is 54.9 Å². The zero-order chi connectivity index (χ0) is 40.6. The lowest BCUT2D eigenvalue weighted by atomic mass is 9.84. The molecule has 3 amide bonds. The number of carbonyl (C=O) groups is 4. The summed E-state index contributed by atoms with van der Waals surface area (Å²) in [6, 6.07) is 12.5. The number of fused-ring (bicyclic) bond motifs is 1. The molecule has 0 aliphatic carbocycles. The number of ether oxygens (including phenoxy) is 2. The Hall–Kier alpha value is -5.14. The highest BCUT2D eigenvalue weighted by atomic mass is 16.5. The first kappa shape index (κ1) is 42.0. The van der Waals surface area contributed by atoms with Crippen molar-refractivity contribution in [1.82, 2.24) is 35.2 Å². The number of hydrazine groups is 1. The number of rotatable bonds is 18. The highest BCUT2D eigenvalue weighted by Gasteiger charge is 2.33. The van der Waals surface area contributed by atoms with Crippen LogP contribution in [0.1, 0.15) is 77.3 Å². The molecule has 1 aliphatic heterocycles. The van der Waals surface area contributed by atoms with Gasteiger partial charge in [0.05, 0.1) is 24.1 Å². The molecule has 0 spiro atoms. The van der Waals surface area contributed by atoms with Gasteiger partial charge in [-0.3, -0.25) is 29.2 Å². The fraction of sp³-hybridized carbons (Fsp3) is 0.488. The second-order valence-corrected chi connectivity index (χ2v) is 15.8. The van der Waals surface area contributed by atoms with Crippen molar-refractivity contribution in [2.45, 2.75) is 92.0 Å². The maximum atomic E-state index is 14.0. The minimum atomic E-state index is -0.864. The lowest BCUT2D eigenvalue weighted by Gasteiger charge is -2.33. The molecule has 1 fully saturated rings. The number of hydrogen-bond donors (Lipinski definition) is 2. The van der Waals surface area contributed by atoms with Gasteiger partial charge in [-0.25, -0.2) is 10.4 Å². The van der Waals surface area contributed by atoms with Gasteiger partial charge in [0.25, 0.3) is 12.4 Å². The molecule has 3 aromatic heterocycles. The average Bonchev–Trinajstić information content (AvgIpc) is 3.50. The predicted molar refractivity (Wildman–Crippen MR) is 216 cm³/mol. The second kappa shape index (κ2) is 18.7. The van der Waals surface area contributed by atoms with E-state index in [2.05, 4.69) is 48.2 Å². The van der Waals surface area contributed by atoms with Gasteiger partial charge in [-0.1, -0.05) is 52.0 Å². The van der Waals surface area contributed by atoms with Gasteiger partial charge in [-0.2, -0.15) is 0 Å². The maximum absolute atomic E-state index is 14.0. The van der Waals surface area contributed by atoms with Crippen molar-refractivity contribution in [3.63, 3.8) is 0 Å². The fourth-order valence-corrected chi connectivity index (χ4v) is 7.74. The maximum Gasteiger partial charge on any atom is 0.293 e. The topological polar surface area (TPSA) is 148 Å². The van der Waals surface area contributed by atoms with Crippen LogP contribution in [0.25, 0.3) is 33.4 Å². The Bertz CT molecular complexity index is 2000. The van der Waals surface area contributed by atoms with Gasteiger partial charge in [0.15, 0.2) is 0 Å². The summed E-state index contributed by atoms with van der Waals surface area (Å²) >= 11 is 0. The molecular weight excluding hydrogens is 711 g/mol. The number of benzene rings is 1. The first-order valence-corrected chi connectivity index (χ1v) is 19.5. The van der Waals surface area contributed by atoms with Crippen LogP contribution in [-0.2, 0) is 48.0 Å². The Morgan fingerprint density at radius 3 is 2.52 bits per heavy atom. The smallest absolute Gasteiger partial charge is 0.293 e. The molecule has 13 nitrogen and oxygen atoms in total. The Labute approximate surface area is 330 Å². The summed E-state index contributed by atoms with van der Waals surface area (Å²) < 4.78 is 13.3. The average molecular weight is 768 g/mol. The van der Waals surface area contributed by atoms with Crippen LogP contribution in [0.2, 0.25) is 0 Å². The SMILES string of the molecule is CCn1c(-c2cccnc2C(C)OC)c(CC(C)(C)COC=O)c2cc(-c3cccc(CC(NC(=O)C(C(C)C)N(C)C=O)C(=O)N4CCCCN4)c3)cnc21. The van der Waals surface area contributed by atoms with E-state index >= 15 is 0 Å². The molecule has 3 unspecified atom stereocenters. The molecule has 5 rings (SSSR count). The second-order valence-electron chi connectivity index (χ2n) is 15.8. The molecule has 0 saturated carbocycles. The Balaban J connectivity index is 1.59. The molecule has 1 saturated heterocycles. The molecule has 3 atom stereocenters. The van der Waals surface area contributed by atoms with E-state index in [-0.39, 0.29) is 36.9 Å². The van der Waals surface area contributed by atoms with Gasteiger partial charge >= 0.3 is 0 Å². The van der Waals surface area contributed by atoms with Crippen LogP contribution in [0.4, 0.5) is 0 Å². The number of aromatic nitrogens is 3. The van der Waals surface area contributed by atoms with E-state index in [1.165, 1.54) is 4.90 Å². The van der Waals surface area contributed by atoms with E-state index in [9.17, 15) is 19.2 Å². The van der Waals surface area contributed by atoms with Crippen LogP contribution in [0.5, 0.6) is 0 Å². The first-order valence-electron chi connectivity index (χ1n) is 19.5. The fourth-order valence-electron chi connectivity index (χ4n) is 7.74. The van der Waals surface area contributed by atoms with Crippen molar-refractivity contribution in [3.05, 3.63) is 71.7 Å². The summed E-state index contributed by atoms with van der Waals surface area (Å²) in [5, 5.41) is 5.57. The number of amides is 3. The third kappa shape index (κ3) is 9.44. The molecular formula is C43H57N7O6. The molecule has 2 N–H and O–H groups in total. The number of carbonyl (C=O) groups excluding carboxylic acids is 4. The number of likely N-dealkylation sites (N-methyl/N-ethyl adjacent to an activating group) is 1. The summed E-state index contributed by atoms with van der Waals surface area (Å²) in [6.07, 6.45) is 6.69. The van der Waals surface area contributed by atoms with Crippen molar-refractivity contribution >= 4 is 35.7 Å². The van der Waals surface area contributed by atoms with Crippen LogP contribution in [0.3, 0.4) is 0 Å². The molecule has 1 aliphatic rings. The summed E-state index contributed by atoms with van der Waals surface area (Å²) in [7, 11) is 3.25. The van der Waals surface area contributed by atoms with Gasteiger partial charge in [0.2, 0.25) is 12.3 Å². The van der Waals surface area contributed by atoms with E-state index < -0.39 is 17.5 Å². The highest BCUT2D eigenvalue weighted by Crippen LogP contribution is 2.41. The zero-order valence-corrected chi connectivity index (χ0v) is 34.0. The third-order valence-electron chi connectivity index (χ3n) is 10.5. The Morgan fingerprint density at radius 1 is 1.07 bits per heavy atom. The Kier molecular flexibility index (Phi) is 14.0. The monoisotopic (exact) mass is 767 g/mol. The number of nitrogens with zero attached hydrogens (tertiary/aromatic N) is 5. The quantitative estimate of drug-likeness (QED) is 0.125. The summed E-state index contributed by atoms with van der Waals surface area (Å²) in [5.74, 6) is -0.763. The van der Waals surface area contributed by atoms with Gasteiger partial charge in [0.1, 0.15) is 17.7 Å². The minimum Gasteiger partial charge on any atom is -0.467 e. The number of methoxy groups -OCH3 is 1. The summed E-state index contributed by atoms with van der Waals surface area (Å²) in [4.78, 5) is 61.7. The van der Waals surface area contributed by atoms with Crippen LogP contribution in [0, 0.1) is 11.3 Å². The zero-order valence-electron chi connectivity index (χ0n) is 34.0. The highest BCUT2D eigenvalue weighted by molar-refractivity contribution is 5.93. The molecule has 1 aromatic carbocycles. The molecule has 4 heterocycles. The molecule has 300 valence electrons. The van der Waals surface area contributed by atoms with Crippen molar-refractivity contribution < 1.29 is 28.7 Å². The van der Waals surface area contributed by atoms with E-state index in [4.69, 9.17) is 19.4 Å². The van der Waals surface area contributed by atoms with E-state index in [1.54, 1.807) is 25.4 Å². The molecule has 4 aromatic rings. The van der Waals surface area contributed by atoms with Crippen molar-refractivity contribution in [2.24, 2.45) is 11.3 Å². The predicted octanol–water partition coefficient (Wildman–Crippen LogP) is 5.50. The van der Waals surface area contributed by atoms with E-state index in [0.29, 0.717) is 38.9 Å². The normalized spacial score (nSPS) is 15.0. The van der Waals surface area contributed by atoms with Crippen molar-refractivity contribution in [3.8, 4) is 22.4 Å². The number of aryl methyl sites for hydroxylation is 1. The third-order valence-corrected chi connectivity index (χ3v) is 10.5. The van der Waals surface area contributed by atoms with Crippen molar-refractivity contribution in [1.29, 1.82) is 0 Å².